The minimum absolute atomic E-state index is 0.00581. The van der Waals surface area contributed by atoms with E-state index >= 15 is 0 Å². The summed E-state index contributed by atoms with van der Waals surface area (Å²) < 4.78 is 5.64. The molecule has 0 spiro atoms. The highest BCUT2D eigenvalue weighted by Gasteiger charge is 2.11. The maximum absolute atomic E-state index is 5.64. The van der Waals surface area contributed by atoms with Crippen LogP contribution in [-0.2, 0) is 4.74 Å². The topological polar surface area (TPSA) is 21.3 Å². The van der Waals surface area contributed by atoms with E-state index in [1.807, 2.05) is 0 Å². The number of nitrogens with one attached hydrogen (secondary N) is 1. The van der Waals surface area contributed by atoms with Crippen LogP contribution in [0.5, 0.6) is 0 Å². The molecule has 0 aromatic carbocycles. The molecule has 0 amide bonds. The average molecular weight is 197 g/mol. The van der Waals surface area contributed by atoms with Gasteiger partial charge in [0.05, 0.1) is 12.2 Å². The van der Waals surface area contributed by atoms with Crippen molar-refractivity contribution in [3.8, 4) is 0 Å². The molecule has 1 unspecified atom stereocenters. The van der Waals surface area contributed by atoms with E-state index in [2.05, 4.69) is 38.2 Å². The number of rotatable bonds is 4. The smallest absolute Gasteiger partial charge is 0.0599 e. The molecule has 0 heterocycles. The predicted octanol–water partition coefficient (Wildman–Crippen LogP) is 2.50. The second-order valence-electron chi connectivity index (χ2n) is 4.90. The number of hydrogen-bond donors (Lipinski definition) is 1. The number of hydrogen-bond acceptors (Lipinski definition) is 2. The largest absolute Gasteiger partial charge is 0.375 e. The van der Waals surface area contributed by atoms with Gasteiger partial charge in [-0.1, -0.05) is 12.2 Å². The number of allylic oxidation sites excluding steroid dienone is 1. The van der Waals surface area contributed by atoms with Gasteiger partial charge in [0.2, 0.25) is 0 Å². The second kappa shape index (κ2) is 5.52. The molecule has 14 heavy (non-hydrogen) atoms. The van der Waals surface area contributed by atoms with E-state index in [1.165, 1.54) is 19.3 Å². The molecule has 1 atom stereocenters. The van der Waals surface area contributed by atoms with Crippen molar-refractivity contribution < 1.29 is 4.74 Å². The fourth-order valence-electron chi connectivity index (χ4n) is 1.60. The van der Waals surface area contributed by atoms with Crippen molar-refractivity contribution in [1.82, 2.24) is 5.32 Å². The minimum atomic E-state index is -0.00581. The van der Waals surface area contributed by atoms with Crippen LogP contribution in [0.1, 0.15) is 40.0 Å². The third-order valence-electron chi connectivity index (χ3n) is 2.34. The second-order valence-corrected chi connectivity index (χ2v) is 4.90. The summed E-state index contributed by atoms with van der Waals surface area (Å²) in [6.07, 6.45) is 8.20. The monoisotopic (exact) mass is 197 g/mol. The van der Waals surface area contributed by atoms with E-state index < -0.39 is 0 Å². The van der Waals surface area contributed by atoms with Crippen LogP contribution in [0, 0.1) is 0 Å². The molecular weight excluding hydrogens is 174 g/mol. The summed E-state index contributed by atoms with van der Waals surface area (Å²) in [4.78, 5) is 0. The molecule has 0 saturated carbocycles. The van der Waals surface area contributed by atoms with Crippen LogP contribution in [0.25, 0.3) is 0 Å². The van der Waals surface area contributed by atoms with E-state index in [1.54, 1.807) is 0 Å². The molecule has 0 aliphatic heterocycles. The van der Waals surface area contributed by atoms with Crippen LogP contribution in [-0.4, -0.2) is 24.8 Å². The van der Waals surface area contributed by atoms with Gasteiger partial charge in [-0.25, -0.2) is 0 Å². The molecule has 82 valence electrons. The Labute approximate surface area is 87.7 Å². The zero-order valence-electron chi connectivity index (χ0n) is 9.68. The summed E-state index contributed by atoms with van der Waals surface area (Å²) in [6, 6.07) is 0.670. The Balaban J connectivity index is 2.01. The Morgan fingerprint density at radius 1 is 1.36 bits per heavy atom. The molecule has 0 bridgehead atoms. The summed E-state index contributed by atoms with van der Waals surface area (Å²) in [5.74, 6) is 0. The van der Waals surface area contributed by atoms with E-state index in [-0.39, 0.29) is 5.60 Å². The first-order chi connectivity index (χ1) is 6.58. The highest BCUT2D eigenvalue weighted by atomic mass is 16.5. The molecule has 1 rings (SSSR count). The maximum Gasteiger partial charge on any atom is 0.0599 e. The van der Waals surface area contributed by atoms with Crippen molar-refractivity contribution in [2.45, 2.75) is 51.7 Å². The lowest BCUT2D eigenvalue weighted by Crippen LogP contribution is -2.34. The van der Waals surface area contributed by atoms with E-state index in [4.69, 9.17) is 4.74 Å². The normalized spacial score (nSPS) is 22.6. The molecule has 0 aromatic rings. The maximum atomic E-state index is 5.64. The van der Waals surface area contributed by atoms with Gasteiger partial charge in [0, 0.05) is 12.6 Å². The zero-order chi connectivity index (χ0) is 10.4. The van der Waals surface area contributed by atoms with Crippen LogP contribution in [0.3, 0.4) is 0 Å². The van der Waals surface area contributed by atoms with Crippen molar-refractivity contribution in [3.63, 3.8) is 0 Å². The van der Waals surface area contributed by atoms with E-state index in [0.717, 1.165) is 13.2 Å². The first-order valence-corrected chi connectivity index (χ1v) is 5.60. The van der Waals surface area contributed by atoms with Crippen molar-refractivity contribution in [3.05, 3.63) is 12.2 Å². The van der Waals surface area contributed by atoms with Gasteiger partial charge < -0.3 is 10.1 Å². The van der Waals surface area contributed by atoms with Crippen molar-refractivity contribution in [1.29, 1.82) is 0 Å². The highest BCUT2D eigenvalue weighted by molar-refractivity contribution is 4.92. The Kier molecular flexibility index (Phi) is 4.63. The molecule has 2 heteroatoms. The summed E-state index contributed by atoms with van der Waals surface area (Å²) in [6.45, 7) is 8.06. The Bertz CT molecular complexity index is 181. The summed E-state index contributed by atoms with van der Waals surface area (Å²) >= 11 is 0. The van der Waals surface area contributed by atoms with Gasteiger partial charge >= 0.3 is 0 Å². The highest BCUT2D eigenvalue weighted by Crippen LogP contribution is 2.10. The predicted molar refractivity (Wildman–Crippen MR) is 60.5 cm³/mol. The fourth-order valence-corrected chi connectivity index (χ4v) is 1.60. The van der Waals surface area contributed by atoms with Crippen LogP contribution < -0.4 is 5.32 Å². The molecule has 0 saturated heterocycles. The third kappa shape index (κ3) is 5.40. The first-order valence-electron chi connectivity index (χ1n) is 5.60. The van der Waals surface area contributed by atoms with Crippen LogP contribution in [0.2, 0.25) is 0 Å². The van der Waals surface area contributed by atoms with Crippen LogP contribution in [0.15, 0.2) is 12.2 Å². The van der Waals surface area contributed by atoms with Gasteiger partial charge in [0.25, 0.3) is 0 Å². The molecule has 1 aliphatic carbocycles. The van der Waals surface area contributed by atoms with Crippen molar-refractivity contribution >= 4 is 0 Å². The lowest BCUT2D eigenvalue weighted by Gasteiger charge is -2.22. The van der Waals surface area contributed by atoms with Crippen LogP contribution >= 0.6 is 0 Å². The van der Waals surface area contributed by atoms with Gasteiger partial charge in [-0.15, -0.1) is 0 Å². The minimum Gasteiger partial charge on any atom is -0.375 e. The molecular formula is C12H23NO. The van der Waals surface area contributed by atoms with Gasteiger partial charge in [-0.05, 0) is 40.0 Å². The standard InChI is InChI=1S/C12H23NO/c1-12(2,3)14-10-9-13-11-7-5-4-6-8-11/h4-5,11,13H,6-10H2,1-3H3. The molecule has 2 nitrogen and oxygen atoms in total. The van der Waals surface area contributed by atoms with Gasteiger partial charge in [-0.2, -0.15) is 0 Å². The zero-order valence-corrected chi connectivity index (χ0v) is 9.68. The van der Waals surface area contributed by atoms with E-state index in [0.29, 0.717) is 6.04 Å². The lowest BCUT2D eigenvalue weighted by molar-refractivity contribution is -0.00169. The van der Waals surface area contributed by atoms with Gasteiger partial charge in [0.15, 0.2) is 0 Å². The molecule has 1 N–H and O–H groups in total. The Morgan fingerprint density at radius 2 is 2.14 bits per heavy atom. The SMILES string of the molecule is CC(C)(C)OCCNC1CC=CCC1. The molecule has 0 fully saturated rings. The quantitative estimate of drug-likeness (QED) is 0.552. The van der Waals surface area contributed by atoms with Crippen LogP contribution in [0.4, 0.5) is 0 Å². The van der Waals surface area contributed by atoms with Gasteiger partial charge in [-0.3, -0.25) is 0 Å². The van der Waals surface area contributed by atoms with Crippen molar-refractivity contribution in [2.24, 2.45) is 0 Å². The Morgan fingerprint density at radius 3 is 2.71 bits per heavy atom. The molecule has 0 aromatic heterocycles. The summed E-state index contributed by atoms with van der Waals surface area (Å²) in [5, 5.41) is 3.52. The third-order valence-corrected chi connectivity index (χ3v) is 2.34. The number of ether oxygens (including phenoxy) is 1. The van der Waals surface area contributed by atoms with Gasteiger partial charge in [0.1, 0.15) is 0 Å². The average Bonchev–Trinajstić information content (AvgIpc) is 2.13. The Hall–Kier alpha value is -0.340. The molecule has 0 radical (unpaired) electrons. The fraction of sp³-hybridized carbons (Fsp3) is 0.833. The summed E-state index contributed by atoms with van der Waals surface area (Å²) in [5.41, 5.74) is -0.00581. The van der Waals surface area contributed by atoms with Crippen molar-refractivity contribution in [2.75, 3.05) is 13.2 Å². The summed E-state index contributed by atoms with van der Waals surface area (Å²) in [7, 11) is 0. The first kappa shape index (κ1) is 11.7. The lowest BCUT2D eigenvalue weighted by atomic mass is 10.0. The van der Waals surface area contributed by atoms with E-state index in [9.17, 15) is 0 Å². The molecule has 1 aliphatic rings.